The molecule has 0 spiro atoms. The number of hydrogen-bond acceptors (Lipinski definition) is 3. The van der Waals surface area contributed by atoms with E-state index in [1.807, 2.05) is 44.3 Å². The quantitative estimate of drug-likeness (QED) is 0.785. The van der Waals surface area contributed by atoms with E-state index in [2.05, 4.69) is 10.1 Å². The summed E-state index contributed by atoms with van der Waals surface area (Å²) in [6.07, 6.45) is 3.52. The summed E-state index contributed by atoms with van der Waals surface area (Å²) >= 11 is 6.17. The molecule has 1 aromatic carbocycles. The predicted octanol–water partition coefficient (Wildman–Crippen LogP) is 3.69. The normalized spacial score (nSPS) is 10.8. The van der Waals surface area contributed by atoms with E-state index in [9.17, 15) is 0 Å². The first-order valence-corrected chi connectivity index (χ1v) is 6.94. The van der Waals surface area contributed by atoms with Crippen LogP contribution >= 0.6 is 11.6 Å². The van der Waals surface area contributed by atoms with Crippen molar-refractivity contribution in [2.45, 2.75) is 6.92 Å². The van der Waals surface area contributed by atoms with Crippen LogP contribution in [0.5, 0.6) is 0 Å². The van der Waals surface area contributed by atoms with Gasteiger partial charge in [0, 0.05) is 35.6 Å². The van der Waals surface area contributed by atoms with Gasteiger partial charge in [0.15, 0.2) is 0 Å². The lowest BCUT2D eigenvalue weighted by atomic mass is 10.0. The molecular weight excluding hydrogens is 284 g/mol. The molecule has 2 heterocycles. The van der Waals surface area contributed by atoms with Crippen LogP contribution in [0.15, 0.2) is 42.7 Å². The molecule has 0 aliphatic heterocycles. The van der Waals surface area contributed by atoms with E-state index in [0.717, 1.165) is 27.9 Å². The van der Waals surface area contributed by atoms with E-state index >= 15 is 0 Å². The molecular formula is C16H15ClN4. The lowest BCUT2D eigenvalue weighted by molar-refractivity contribution is 0.782. The second-order valence-corrected chi connectivity index (χ2v) is 5.43. The summed E-state index contributed by atoms with van der Waals surface area (Å²) < 4.78 is 1.67. The minimum Gasteiger partial charge on any atom is -0.383 e. The highest BCUT2D eigenvalue weighted by atomic mass is 35.5. The first-order chi connectivity index (χ1) is 10.1. The van der Waals surface area contributed by atoms with Crippen LogP contribution < -0.4 is 5.73 Å². The van der Waals surface area contributed by atoms with E-state index in [0.29, 0.717) is 10.8 Å². The average molecular weight is 299 g/mol. The highest BCUT2D eigenvalue weighted by molar-refractivity contribution is 6.31. The van der Waals surface area contributed by atoms with Crippen molar-refractivity contribution in [2.75, 3.05) is 5.73 Å². The van der Waals surface area contributed by atoms with Crippen LogP contribution in [0.2, 0.25) is 5.02 Å². The monoisotopic (exact) mass is 298 g/mol. The fourth-order valence-electron chi connectivity index (χ4n) is 2.41. The molecule has 21 heavy (non-hydrogen) atoms. The summed E-state index contributed by atoms with van der Waals surface area (Å²) in [6, 6.07) is 9.72. The Hall–Kier alpha value is -2.33. The summed E-state index contributed by atoms with van der Waals surface area (Å²) in [6.45, 7) is 2.01. The zero-order valence-electron chi connectivity index (χ0n) is 11.8. The molecule has 0 amide bonds. The SMILES string of the molecule is Cc1cc(Cl)cc(-c2nn(C)c(N)c2-c2cccnc2)c1. The number of benzene rings is 1. The third-order valence-corrected chi connectivity index (χ3v) is 3.58. The predicted molar refractivity (Wildman–Crippen MR) is 86.0 cm³/mol. The molecule has 5 heteroatoms. The second-order valence-electron chi connectivity index (χ2n) is 4.99. The molecule has 3 aromatic rings. The first kappa shape index (κ1) is 13.6. The van der Waals surface area contributed by atoms with E-state index in [-0.39, 0.29) is 0 Å². The molecule has 0 atom stereocenters. The topological polar surface area (TPSA) is 56.7 Å². The summed E-state index contributed by atoms with van der Waals surface area (Å²) in [7, 11) is 1.83. The van der Waals surface area contributed by atoms with Crippen LogP contribution in [0.25, 0.3) is 22.4 Å². The van der Waals surface area contributed by atoms with Gasteiger partial charge in [-0.1, -0.05) is 17.7 Å². The lowest BCUT2D eigenvalue weighted by Gasteiger charge is -2.05. The zero-order chi connectivity index (χ0) is 15.0. The van der Waals surface area contributed by atoms with E-state index in [1.165, 1.54) is 0 Å². The zero-order valence-corrected chi connectivity index (χ0v) is 12.6. The van der Waals surface area contributed by atoms with Gasteiger partial charge in [0.25, 0.3) is 0 Å². The van der Waals surface area contributed by atoms with Crippen LogP contribution in [0.4, 0.5) is 5.82 Å². The molecule has 0 unspecified atom stereocenters. The van der Waals surface area contributed by atoms with Gasteiger partial charge in [0.1, 0.15) is 11.5 Å². The van der Waals surface area contributed by atoms with E-state index < -0.39 is 0 Å². The molecule has 0 aliphatic carbocycles. The minimum absolute atomic E-state index is 0.607. The number of nitrogens with two attached hydrogens (primary N) is 1. The average Bonchev–Trinajstić information content (AvgIpc) is 2.75. The number of nitrogen functional groups attached to an aromatic ring is 1. The molecule has 0 fully saturated rings. The van der Waals surface area contributed by atoms with E-state index in [1.54, 1.807) is 17.1 Å². The van der Waals surface area contributed by atoms with Gasteiger partial charge in [0.2, 0.25) is 0 Å². The Bertz CT molecular complexity index is 773. The molecule has 0 saturated heterocycles. The molecule has 2 N–H and O–H groups in total. The van der Waals surface area contributed by atoms with Gasteiger partial charge in [-0.15, -0.1) is 0 Å². The third-order valence-electron chi connectivity index (χ3n) is 3.36. The maximum Gasteiger partial charge on any atom is 0.129 e. The number of pyridine rings is 1. The van der Waals surface area contributed by atoms with E-state index in [4.69, 9.17) is 17.3 Å². The number of halogens is 1. The van der Waals surface area contributed by atoms with Crippen molar-refractivity contribution in [3.63, 3.8) is 0 Å². The number of rotatable bonds is 2. The van der Waals surface area contributed by atoms with Gasteiger partial charge >= 0.3 is 0 Å². The smallest absolute Gasteiger partial charge is 0.129 e. The fraction of sp³-hybridized carbons (Fsp3) is 0.125. The number of aryl methyl sites for hydroxylation is 2. The molecule has 0 saturated carbocycles. The minimum atomic E-state index is 0.607. The van der Waals surface area contributed by atoms with Gasteiger partial charge in [-0.25, -0.2) is 0 Å². The van der Waals surface area contributed by atoms with Gasteiger partial charge in [-0.2, -0.15) is 5.10 Å². The third kappa shape index (κ3) is 2.50. The van der Waals surface area contributed by atoms with Crippen molar-refractivity contribution in [1.29, 1.82) is 0 Å². The molecule has 2 aromatic heterocycles. The largest absolute Gasteiger partial charge is 0.383 e. The fourth-order valence-corrected chi connectivity index (χ4v) is 2.70. The summed E-state index contributed by atoms with van der Waals surface area (Å²) in [5.74, 6) is 0.607. The lowest BCUT2D eigenvalue weighted by Crippen LogP contribution is -1.98. The number of anilines is 1. The van der Waals surface area contributed by atoms with Crippen molar-refractivity contribution in [1.82, 2.24) is 14.8 Å². The first-order valence-electron chi connectivity index (χ1n) is 6.56. The Morgan fingerprint density at radius 1 is 1.19 bits per heavy atom. The molecule has 106 valence electrons. The van der Waals surface area contributed by atoms with Crippen molar-refractivity contribution in [3.05, 3.63) is 53.3 Å². The van der Waals surface area contributed by atoms with Crippen molar-refractivity contribution >= 4 is 17.4 Å². The Morgan fingerprint density at radius 2 is 2.00 bits per heavy atom. The van der Waals surface area contributed by atoms with Crippen LogP contribution in [-0.2, 0) is 7.05 Å². The highest BCUT2D eigenvalue weighted by Gasteiger charge is 2.17. The Balaban J connectivity index is 2.26. The van der Waals surface area contributed by atoms with Crippen molar-refractivity contribution in [2.24, 2.45) is 7.05 Å². The second kappa shape index (κ2) is 5.22. The Labute approximate surface area is 128 Å². The van der Waals surface area contributed by atoms with Gasteiger partial charge in [-0.05, 0) is 36.8 Å². The highest BCUT2D eigenvalue weighted by Crippen LogP contribution is 2.36. The summed E-state index contributed by atoms with van der Waals surface area (Å²) in [4.78, 5) is 4.16. The molecule has 0 bridgehead atoms. The molecule has 3 rings (SSSR count). The Morgan fingerprint density at radius 3 is 2.67 bits per heavy atom. The molecule has 4 nitrogen and oxygen atoms in total. The summed E-state index contributed by atoms with van der Waals surface area (Å²) in [5, 5.41) is 5.23. The van der Waals surface area contributed by atoms with Crippen LogP contribution in [0.3, 0.4) is 0 Å². The van der Waals surface area contributed by atoms with Crippen molar-refractivity contribution < 1.29 is 0 Å². The standard InChI is InChI=1S/C16H15ClN4/c1-10-6-12(8-13(17)7-10)15-14(16(18)21(2)20-15)11-4-3-5-19-9-11/h3-9H,18H2,1-2H3. The molecule has 0 aliphatic rings. The maximum absolute atomic E-state index is 6.19. The van der Waals surface area contributed by atoms with Gasteiger partial charge in [-0.3, -0.25) is 9.67 Å². The number of nitrogens with zero attached hydrogens (tertiary/aromatic N) is 3. The Kier molecular flexibility index (Phi) is 3.39. The molecule has 0 radical (unpaired) electrons. The van der Waals surface area contributed by atoms with Crippen LogP contribution in [-0.4, -0.2) is 14.8 Å². The van der Waals surface area contributed by atoms with Crippen LogP contribution in [0, 0.1) is 6.92 Å². The number of hydrogen-bond donors (Lipinski definition) is 1. The van der Waals surface area contributed by atoms with Gasteiger partial charge in [0.05, 0.1) is 5.56 Å². The maximum atomic E-state index is 6.19. The number of aromatic nitrogens is 3. The van der Waals surface area contributed by atoms with Crippen LogP contribution in [0.1, 0.15) is 5.56 Å². The van der Waals surface area contributed by atoms with Crippen molar-refractivity contribution in [3.8, 4) is 22.4 Å². The van der Waals surface area contributed by atoms with Gasteiger partial charge < -0.3 is 5.73 Å². The summed E-state index contributed by atoms with van der Waals surface area (Å²) in [5.41, 5.74) is 10.9.